The molecule has 0 aromatic heterocycles. The van der Waals surface area contributed by atoms with Crippen LogP contribution in [0.4, 0.5) is 0 Å². The minimum Gasteiger partial charge on any atom is -0.414 e. The molecule has 0 unspecified atom stereocenters. The van der Waals surface area contributed by atoms with Crippen LogP contribution in [0.15, 0.2) is 11.8 Å². The molecule has 0 rings (SSSR count). The van der Waals surface area contributed by atoms with Gasteiger partial charge in [0, 0.05) is 5.60 Å². The summed E-state index contributed by atoms with van der Waals surface area (Å²) in [7, 11) is -0.453. The summed E-state index contributed by atoms with van der Waals surface area (Å²) in [6.45, 7) is 12.0. The average molecular weight is 144 g/mol. The third-order valence-corrected chi connectivity index (χ3v) is 2.25. The largest absolute Gasteiger partial charge is 0.414 e. The fourth-order valence-corrected chi connectivity index (χ4v) is 1.02. The third-order valence-electron chi connectivity index (χ3n) is 0.752. The second-order valence-corrected chi connectivity index (χ2v) is 5.14. The van der Waals surface area contributed by atoms with Gasteiger partial charge in [0.05, 0.1) is 0 Å². The molecule has 0 saturated carbocycles. The zero-order valence-corrected chi connectivity index (χ0v) is 8.24. The first-order chi connectivity index (χ1) is 3.92. The first-order valence-corrected chi connectivity index (χ1v) is 4.48. The molecule has 0 aliphatic rings. The Hall–Kier alpha value is -0.0831. The van der Waals surface area contributed by atoms with Gasteiger partial charge >= 0.3 is 0 Å². The average Bonchev–Trinajstić information content (AvgIpc) is 1.59. The van der Waals surface area contributed by atoms with Gasteiger partial charge in [-0.25, -0.2) is 0 Å². The summed E-state index contributed by atoms with van der Waals surface area (Å²) in [6, 6.07) is 0. The smallest absolute Gasteiger partial charge is 0.188 e. The second-order valence-electron chi connectivity index (χ2n) is 3.36. The molecule has 0 aliphatic carbocycles. The van der Waals surface area contributed by atoms with Gasteiger partial charge in [-0.1, -0.05) is 5.20 Å². The molecule has 0 heterocycles. The number of rotatable bonds is 2. The molecule has 0 saturated heterocycles. The van der Waals surface area contributed by atoms with Gasteiger partial charge in [-0.3, -0.25) is 0 Å². The van der Waals surface area contributed by atoms with Gasteiger partial charge in [0.25, 0.3) is 0 Å². The van der Waals surface area contributed by atoms with Crippen LogP contribution in [0.25, 0.3) is 0 Å². The van der Waals surface area contributed by atoms with Crippen LogP contribution in [0, 0.1) is 0 Å². The predicted octanol–water partition coefficient (Wildman–Crippen LogP) is 1.42. The Labute approximate surface area is 60.1 Å². The van der Waals surface area contributed by atoms with E-state index in [4.69, 9.17) is 4.43 Å². The highest BCUT2D eigenvalue weighted by molar-refractivity contribution is 6.37. The standard InChI is InChI=1S/C7H16OSi/c1-6(2)9-8-7(3,4)5/h1,9H2,2-5H3. The number of allylic oxidation sites excluding steroid dienone is 1. The Morgan fingerprint density at radius 1 is 1.44 bits per heavy atom. The summed E-state index contributed by atoms with van der Waals surface area (Å²) in [4.78, 5) is 0. The molecule has 1 nitrogen and oxygen atoms in total. The summed E-state index contributed by atoms with van der Waals surface area (Å²) < 4.78 is 5.53. The van der Waals surface area contributed by atoms with Gasteiger partial charge in [0.15, 0.2) is 9.76 Å². The zero-order valence-electron chi connectivity index (χ0n) is 6.82. The molecule has 0 bridgehead atoms. The van der Waals surface area contributed by atoms with E-state index in [9.17, 15) is 0 Å². The highest BCUT2D eigenvalue weighted by atomic mass is 28.2. The molecular weight excluding hydrogens is 128 g/mol. The lowest BCUT2D eigenvalue weighted by Crippen LogP contribution is -2.21. The molecule has 0 atom stereocenters. The fraction of sp³-hybridized carbons (Fsp3) is 0.714. The lowest BCUT2D eigenvalue weighted by Gasteiger charge is -2.19. The Morgan fingerprint density at radius 3 is 2.00 bits per heavy atom. The summed E-state index contributed by atoms with van der Waals surface area (Å²) in [5.74, 6) is 0. The van der Waals surface area contributed by atoms with E-state index in [1.807, 2.05) is 6.92 Å². The van der Waals surface area contributed by atoms with Gasteiger partial charge in [0.2, 0.25) is 0 Å². The van der Waals surface area contributed by atoms with E-state index in [2.05, 4.69) is 27.4 Å². The van der Waals surface area contributed by atoms with Crippen molar-refractivity contribution in [2.45, 2.75) is 33.3 Å². The third kappa shape index (κ3) is 7.92. The molecule has 54 valence electrons. The maximum atomic E-state index is 5.53. The van der Waals surface area contributed by atoms with Crippen LogP contribution in [0.5, 0.6) is 0 Å². The van der Waals surface area contributed by atoms with E-state index in [0.29, 0.717) is 0 Å². The summed E-state index contributed by atoms with van der Waals surface area (Å²) >= 11 is 0. The molecule has 0 fully saturated rings. The summed E-state index contributed by atoms with van der Waals surface area (Å²) in [5.41, 5.74) is 0.0329. The van der Waals surface area contributed by atoms with Crippen molar-refractivity contribution in [1.82, 2.24) is 0 Å². The second kappa shape index (κ2) is 3.18. The van der Waals surface area contributed by atoms with E-state index in [-0.39, 0.29) is 5.60 Å². The SMILES string of the molecule is C=C(C)[SiH2]OC(C)(C)C. The monoisotopic (exact) mass is 144 g/mol. The molecular formula is C7H16OSi. The normalized spacial score (nSPS) is 12.9. The quantitative estimate of drug-likeness (QED) is 0.533. The van der Waals surface area contributed by atoms with Crippen molar-refractivity contribution in [3.05, 3.63) is 11.8 Å². The van der Waals surface area contributed by atoms with Crippen molar-refractivity contribution in [2.24, 2.45) is 0 Å². The Kier molecular flexibility index (Phi) is 3.15. The zero-order chi connectivity index (χ0) is 7.49. The van der Waals surface area contributed by atoms with Crippen LogP contribution in [-0.4, -0.2) is 15.4 Å². The first-order valence-electron chi connectivity index (χ1n) is 3.20. The molecule has 0 aromatic rings. The van der Waals surface area contributed by atoms with E-state index in [1.54, 1.807) is 0 Å². The van der Waals surface area contributed by atoms with E-state index in [1.165, 1.54) is 5.20 Å². The molecule has 2 heteroatoms. The van der Waals surface area contributed by atoms with Crippen LogP contribution in [0.1, 0.15) is 27.7 Å². The molecule has 0 spiro atoms. The van der Waals surface area contributed by atoms with Crippen LogP contribution in [0.2, 0.25) is 0 Å². The molecule has 0 aromatic carbocycles. The van der Waals surface area contributed by atoms with Crippen molar-refractivity contribution < 1.29 is 4.43 Å². The Bertz CT molecular complexity index is 102. The molecule has 0 N–H and O–H groups in total. The van der Waals surface area contributed by atoms with Crippen molar-refractivity contribution in [3.8, 4) is 0 Å². The van der Waals surface area contributed by atoms with Crippen molar-refractivity contribution in [1.29, 1.82) is 0 Å². The molecule has 0 radical (unpaired) electrons. The first kappa shape index (κ1) is 8.92. The van der Waals surface area contributed by atoms with Gasteiger partial charge in [-0.2, -0.15) is 0 Å². The topological polar surface area (TPSA) is 9.23 Å². The van der Waals surface area contributed by atoms with Crippen LogP contribution in [0.3, 0.4) is 0 Å². The Morgan fingerprint density at radius 2 is 1.89 bits per heavy atom. The lowest BCUT2D eigenvalue weighted by molar-refractivity contribution is 0.140. The van der Waals surface area contributed by atoms with Crippen LogP contribution >= 0.6 is 0 Å². The molecule has 9 heavy (non-hydrogen) atoms. The number of hydrogen-bond acceptors (Lipinski definition) is 1. The van der Waals surface area contributed by atoms with Crippen LogP contribution in [-0.2, 0) is 4.43 Å². The highest BCUT2D eigenvalue weighted by Crippen LogP contribution is 2.06. The summed E-state index contributed by atoms with van der Waals surface area (Å²) in [6.07, 6.45) is 0. The highest BCUT2D eigenvalue weighted by Gasteiger charge is 2.08. The molecule has 0 amide bonds. The Balaban J connectivity index is 3.39. The van der Waals surface area contributed by atoms with Gasteiger partial charge in [0.1, 0.15) is 0 Å². The lowest BCUT2D eigenvalue weighted by atomic mass is 10.2. The fourth-order valence-electron chi connectivity index (χ4n) is 0.340. The predicted molar refractivity (Wildman–Crippen MR) is 44.2 cm³/mol. The minimum absolute atomic E-state index is 0.0329. The molecule has 0 aliphatic heterocycles. The van der Waals surface area contributed by atoms with Crippen LogP contribution < -0.4 is 0 Å². The van der Waals surface area contributed by atoms with Crippen molar-refractivity contribution in [2.75, 3.05) is 0 Å². The van der Waals surface area contributed by atoms with Crippen molar-refractivity contribution >= 4 is 9.76 Å². The van der Waals surface area contributed by atoms with E-state index < -0.39 is 9.76 Å². The van der Waals surface area contributed by atoms with E-state index >= 15 is 0 Å². The van der Waals surface area contributed by atoms with Gasteiger partial charge in [-0.05, 0) is 27.7 Å². The number of hydrogen-bond donors (Lipinski definition) is 0. The minimum atomic E-state index is -0.453. The van der Waals surface area contributed by atoms with Gasteiger partial charge < -0.3 is 4.43 Å². The van der Waals surface area contributed by atoms with Gasteiger partial charge in [-0.15, -0.1) is 6.58 Å². The maximum absolute atomic E-state index is 5.53. The van der Waals surface area contributed by atoms with Crippen molar-refractivity contribution in [3.63, 3.8) is 0 Å². The maximum Gasteiger partial charge on any atom is 0.188 e. The van der Waals surface area contributed by atoms with E-state index in [0.717, 1.165) is 0 Å². The summed E-state index contributed by atoms with van der Waals surface area (Å²) in [5, 5.41) is 1.21.